The van der Waals surface area contributed by atoms with Gasteiger partial charge in [0.1, 0.15) is 0 Å². The molecular weight excluding hydrogens is 172 g/mol. The van der Waals surface area contributed by atoms with Crippen LogP contribution in [0.1, 0.15) is 24.4 Å². The first kappa shape index (κ1) is 9.69. The number of benzene rings is 1. The van der Waals surface area contributed by atoms with Gasteiger partial charge in [0.15, 0.2) is 0 Å². The fourth-order valence-electron chi connectivity index (χ4n) is 2.15. The predicted molar refractivity (Wildman–Crippen MR) is 59.0 cm³/mol. The van der Waals surface area contributed by atoms with Crippen LogP contribution in [-0.2, 0) is 0 Å². The van der Waals surface area contributed by atoms with E-state index < -0.39 is 0 Å². The van der Waals surface area contributed by atoms with E-state index in [-0.39, 0.29) is 6.04 Å². The van der Waals surface area contributed by atoms with Crippen molar-refractivity contribution in [3.8, 4) is 0 Å². The van der Waals surface area contributed by atoms with E-state index >= 15 is 0 Å². The zero-order valence-electron chi connectivity index (χ0n) is 8.45. The van der Waals surface area contributed by atoms with E-state index in [2.05, 4.69) is 29.6 Å². The van der Waals surface area contributed by atoms with Crippen molar-refractivity contribution in [2.24, 2.45) is 11.7 Å². The monoisotopic (exact) mass is 190 g/mol. The minimum absolute atomic E-state index is 0.221. The molecule has 0 radical (unpaired) electrons. The average Bonchev–Trinajstić information content (AvgIpc) is 2.30. The summed E-state index contributed by atoms with van der Waals surface area (Å²) >= 11 is 0. The van der Waals surface area contributed by atoms with E-state index in [9.17, 15) is 0 Å². The van der Waals surface area contributed by atoms with Crippen molar-refractivity contribution in [3.63, 3.8) is 0 Å². The largest absolute Gasteiger partial charge is 0.324 e. The Morgan fingerprint density at radius 3 is 2.43 bits per heavy atom. The van der Waals surface area contributed by atoms with Gasteiger partial charge in [-0.25, -0.2) is 0 Å². The van der Waals surface area contributed by atoms with Crippen LogP contribution < -0.4 is 11.1 Å². The van der Waals surface area contributed by atoms with Crippen LogP contribution >= 0.6 is 0 Å². The minimum Gasteiger partial charge on any atom is -0.324 e. The number of nitrogens with two attached hydrogens (primary N) is 1. The Bertz CT molecular complexity index is 265. The summed E-state index contributed by atoms with van der Waals surface area (Å²) in [6.45, 7) is 2.23. The molecule has 0 amide bonds. The maximum absolute atomic E-state index is 6.24. The number of nitrogens with one attached hydrogen (secondary N) is 1. The first-order valence-electron chi connectivity index (χ1n) is 5.39. The maximum atomic E-state index is 6.24. The predicted octanol–water partition coefficient (Wildman–Crippen LogP) is 1.69. The summed E-state index contributed by atoms with van der Waals surface area (Å²) in [5.74, 6) is 0.652. The van der Waals surface area contributed by atoms with Crippen molar-refractivity contribution < 1.29 is 0 Å². The summed E-state index contributed by atoms with van der Waals surface area (Å²) in [7, 11) is 0. The molecule has 1 aliphatic heterocycles. The van der Waals surface area contributed by atoms with Gasteiger partial charge in [0.2, 0.25) is 0 Å². The molecule has 2 nitrogen and oxygen atoms in total. The van der Waals surface area contributed by atoms with Gasteiger partial charge in [-0.15, -0.1) is 0 Å². The SMILES string of the molecule is NC(c1ccccc1)C1CCNCC1. The topological polar surface area (TPSA) is 38.0 Å². The molecule has 1 heterocycles. The van der Waals surface area contributed by atoms with E-state index in [1.54, 1.807) is 0 Å². The molecule has 0 spiro atoms. The number of rotatable bonds is 2. The number of hydrogen-bond acceptors (Lipinski definition) is 2. The fraction of sp³-hybridized carbons (Fsp3) is 0.500. The van der Waals surface area contributed by atoms with Gasteiger partial charge >= 0.3 is 0 Å². The molecule has 0 saturated carbocycles. The Kier molecular flexibility index (Phi) is 3.17. The average molecular weight is 190 g/mol. The lowest BCUT2D eigenvalue weighted by Gasteiger charge is -2.28. The van der Waals surface area contributed by atoms with Crippen molar-refractivity contribution in [1.29, 1.82) is 0 Å². The van der Waals surface area contributed by atoms with E-state index in [1.165, 1.54) is 18.4 Å². The third-order valence-corrected chi connectivity index (χ3v) is 3.08. The van der Waals surface area contributed by atoms with Gasteiger partial charge in [-0.3, -0.25) is 0 Å². The second-order valence-electron chi connectivity index (χ2n) is 4.02. The Morgan fingerprint density at radius 1 is 1.14 bits per heavy atom. The second kappa shape index (κ2) is 4.58. The molecule has 1 aromatic carbocycles. The van der Waals surface area contributed by atoms with Crippen LogP contribution in [0.5, 0.6) is 0 Å². The van der Waals surface area contributed by atoms with E-state index in [1.807, 2.05) is 6.07 Å². The molecule has 76 valence electrons. The molecule has 1 aromatic rings. The standard InChI is InChI=1S/C12H18N2/c13-12(10-4-2-1-3-5-10)11-6-8-14-9-7-11/h1-5,11-12,14H,6-9,13H2. The van der Waals surface area contributed by atoms with Gasteiger partial charge in [-0.1, -0.05) is 30.3 Å². The van der Waals surface area contributed by atoms with Gasteiger partial charge in [-0.05, 0) is 37.4 Å². The first-order valence-corrected chi connectivity index (χ1v) is 5.39. The summed E-state index contributed by atoms with van der Waals surface area (Å²) in [5.41, 5.74) is 7.52. The van der Waals surface area contributed by atoms with Crippen LogP contribution in [0, 0.1) is 5.92 Å². The maximum Gasteiger partial charge on any atom is 0.0324 e. The van der Waals surface area contributed by atoms with Crippen molar-refractivity contribution in [2.45, 2.75) is 18.9 Å². The van der Waals surface area contributed by atoms with E-state index in [0.29, 0.717) is 5.92 Å². The number of piperidine rings is 1. The van der Waals surface area contributed by atoms with Gasteiger partial charge in [0.25, 0.3) is 0 Å². The third-order valence-electron chi connectivity index (χ3n) is 3.08. The van der Waals surface area contributed by atoms with E-state index in [4.69, 9.17) is 5.73 Å². The van der Waals surface area contributed by atoms with Crippen LogP contribution in [0.3, 0.4) is 0 Å². The van der Waals surface area contributed by atoms with Gasteiger partial charge in [0, 0.05) is 6.04 Å². The Morgan fingerprint density at radius 2 is 1.79 bits per heavy atom. The summed E-state index contributed by atoms with van der Waals surface area (Å²) in [6, 6.07) is 10.7. The summed E-state index contributed by atoms with van der Waals surface area (Å²) < 4.78 is 0. The highest BCUT2D eigenvalue weighted by Crippen LogP contribution is 2.26. The highest BCUT2D eigenvalue weighted by molar-refractivity contribution is 5.19. The fourth-order valence-corrected chi connectivity index (χ4v) is 2.15. The van der Waals surface area contributed by atoms with E-state index in [0.717, 1.165) is 13.1 Å². The molecule has 3 N–H and O–H groups in total. The zero-order valence-corrected chi connectivity index (χ0v) is 8.45. The molecule has 14 heavy (non-hydrogen) atoms. The molecule has 1 aliphatic rings. The quantitative estimate of drug-likeness (QED) is 0.744. The highest BCUT2D eigenvalue weighted by atomic mass is 14.9. The molecule has 1 saturated heterocycles. The summed E-state index contributed by atoms with van der Waals surface area (Å²) in [5, 5.41) is 3.37. The highest BCUT2D eigenvalue weighted by Gasteiger charge is 2.20. The molecule has 0 aromatic heterocycles. The molecule has 1 unspecified atom stereocenters. The second-order valence-corrected chi connectivity index (χ2v) is 4.02. The van der Waals surface area contributed by atoms with Gasteiger partial charge < -0.3 is 11.1 Å². The lowest BCUT2D eigenvalue weighted by molar-refractivity contribution is 0.322. The third kappa shape index (κ3) is 2.14. The van der Waals surface area contributed by atoms with Crippen LogP contribution in [0.2, 0.25) is 0 Å². The summed E-state index contributed by atoms with van der Waals surface area (Å²) in [4.78, 5) is 0. The minimum atomic E-state index is 0.221. The lowest BCUT2D eigenvalue weighted by atomic mass is 9.87. The van der Waals surface area contributed by atoms with Crippen LogP contribution in [-0.4, -0.2) is 13.1 Å². The smallest absolute Gasteiger partial charge is 0.0324 e. The summed E-state index contributed by atoms with van der Waals surface area (Å²) in [6.07, 6.45) is 2.41. The molecule has 1 fully saturated rings. The lowest BCUT2D eigenvalue weighted by Crippen LogP contribution is -2.33. The Balaban J connectivity index is 2.03. The van der Waals surface area contributed by atoms with Crippen molar-refractivity contribution >= 4 is 0 Å². The molecule has 2 heteroatoms. The molecule has 1 atom stereocenters. The molecule has 0 aliphatic carbocycles. The number of hydrogen-bond donors (Lipinski definition) is 2. The molecular formula is C12H18N2. The van der Waals surface area contributed by atoms with Crippen LogP contribution in [0.25, 0.3) is 0 Å². The Labute approximate surface area is 85.5 Å². The zero-order chi connectivity index (χ0) is 9.80. The van der Waals surface area contributed by atoms with Crippen molar-refractivity contribution in [1.82, 2.24) is 5.32 Å². The van der Waals surface area contributed by atoms with Gasteiger partial charge in [-0.2, -0.15) is 0 Å². The van der Waals surface area contributed by atoms with Crippen molar-refractivity contribution in [2.75, 3.05) is 13.1 Å². The van der Waals surface area contributed by atoms with Gasteiger partial charge in [0.05, 0.1) is 0 Å². The Hall–Kier alpha value is -0.860. The van der Waals surface area contributed by atoms with Crippen molar-refractivity contribution in [3.05, 3.63) is 35.9 Å². The first-order chi connectivity index (χ1) is 6.88. The normalized spacial score (nSPS) is 20.6. The molecule has 0 bridgehead atoms. The van der Waals surface area contributed by atoms with Crippen LogP contribution in [0.15, 0.2) is 30.3 Å². The molecule has 2 rings (SSSR count). The van der Waals surface area contributed by atoms with Crippen LogP contribution in [0.4, 0.5) is 0 Å².